The van der Waals surface area contributed by atoms with Gasteiger partial charge in [-0.3, -0.25) is 0 Å². The van der Waals surface area contributed by atoms with E-state index in [1.54, 1.807) is 12.1 Å². The number of nitrogens with zero attached hydrogens (tertiary/aromatic N) is 1. The Morgan fingerprint density at radius 2 is 2.10 bits per heavy atom. The average molecular weight is 309 g/mol. The van der Waals surface area contributed by atoms with Crippen molar-refractivity contribution >= 4 is 28.9 Å². The summed E-state index contributed by atoms with van der Waals surface area (Å²) >= 11 is 12.1. The van der Waals surface area contributed by atoms with Crippen LogP contribution < -0.4 is 5.32 Å². The van der Waals surface area contributed by atoms with Gasteiger partial charge in [-0.15, -0.1) is 0 Å². The number of aryl methyl sites for hydroxylation is 2. The Balaban J connectivity index is 1.91. The van der Waals surface area contributed by atoms with Gasteiger partial charge >= 0.3 is 0 Å². The molecule has 0 aliphatic heterocycles. The fourth-order valence-corrected chi connectivity index (χ4v) is 3.28. The zero-order valence-electron chi connectivity index (χ0n) is 11.0. The van der Waals surface area contributed by atoms with E-state index in [4.69, 9.17) is 23.2 Å². The fraction of sp³-hybridized carbons (Fsp3) is 0.267. The van der Waals surface area contributed by atoms with Gasteiger partial charge in [0.2, 0.25) is 0 Å². The summed E-state index contributed by atoms with van der Waals surface area (Å²) in [6, 6.07) is 7.48. The quantitative estimate of drug-likeness (QED) is 0.803. The maximum atomic E-state index is 9.52. The van der Waals surface area contributed by atoms with Gasteiger partial charge in [0, 0.05) is 0 Å². The van der Waals surface area contributed by atoms with Crippen LogP contribution in [-0.4, -0.2) is 10.1 Å². The van der Waals surface area contributed by atoms with Crippen molar-refractivity contribution in [3.05, 3.63) is 51.3 Å². The summed E-state index contributed by atoms with van der Waals surface area (Å²) in [5.74, 6) is 0.312. The molecule has 0 spiro atoms. The van der Waals surface area contributed by atoms with Crippen molar-refractivity contribution in [2.45, 2.75) is 25.8 Å². The lowest BCUT2D eigenvalue weighted by molar-refractivity contribution is 0.474. The van der Waals surface area contributed by atoms with Crippen molar-refractivity contribution in [3.63, 3.8) is 0 Å². The van der Waals surface area contributed by atoms with E-state index in [1.807, 2.05) is 19.1 Å². The predicted octanol–water partition coefficient (Wildman–Crippen LogP) is 4.50. The van der Waals surface area contributed by atoms with Crippen LogP contribution in [0.1, 0.15) is 29.2 Å². The Labute approximate surface area is 127 Å². The van der Waals surface area contributed by atoms with Gasteiger partial charge in [-0.05, 0) is 54.7 Å². The van der Waals surface area contributed by atoms with E-state index in [0.717, 1.165) is 24.1 Å². The fourth-order valence-electron chi connectivity index (χ4n) is 2.70. The first-order valence-electron chi connectivity index (χ1n) is 6.45. The zero-order valence-corrected chi connectivity index (χ0v) is 12.5. The van der Waals surface area contributed by atoms with Crippen molar-refractivity contribution in [2.75, 3.05) is 5.32 Å². The Kier molecular flexibility index (Phi) is 3.48. The number of nitrogens with one attached hydrogen (secondary N) is 1. The van der Waals surface area contributed by atoms with E-state index in [0.29, 0.717) is 16.1 Å². The third-order valence-corrected chi connectivity index (χ3v) is 4.13. The second-order valence-corrected chi connectivity index (χ2v) is 5.79. The van der Waals surface area contributed by atoms with Gasteiger partial charge in [0.05, 0.1) is 11.7 Å². The number of pyridine rings is 1. The van der Waals surface area contributed by atoms with Crippen molar-refractivity contribution in [1.29, 1.82) is 0 Å². The molecule has 0 saturated heterocycles. The molecule has 2 aromatic rings. The molecule has 1 atom stereocenters. The summed E-state index contributed by atoms with van der Waals surface area (Å²) in [5, 5.41) is 13.8. The van der Waals surface area contributed by atoms with E-state index < -0.39 is 0 Å². The lowest BCUT2D eigenvalue weighted by Gasteiger charge is -2.18. The predicted molar refractivity (Wildman–Crippen MR) is 81.8 cm³/mol. The number of halogens is 2. The average Bonchev–Trinajstić information content (AvgIpc) is 2.76. The number of anilines is 1. The molecule has 0 radical (unpaired) electrons. The van der Waals surface area contributed by atoms with Gasteiger partial charge in [-0.1, -0.05) is 29.3 Å². The standard InChI is InChI=1S/C15H14Cl2N2O/c1-8-6-13(16)19-15(17)14(8)18-12-5-2-9-7-10(20)3-4-11(9)12/h3-4,6-7,12,18,20H,2,5H2,1H3. The highest BCUT2D eigenvalue weighted by molar-refractivity contribution is 6.34. The minimum atomic E-state index is 0.185. The van der Waals surface area contributed by atoms with E-state index in [1.165, 1.54) is 11.1 Å². The van der Waals surface area contributed by atoms with E-state index >= 15 is 0 Å². The molecule has 2 N–H and O–H groups in total. The van der Waals surface area contributed by atoms with E-state index in [2.05, 4.69) is 10.3 Å². The molecule has 1 heterocycles. The van der Waals surface area contributed by atoms with Crippen LogP contribution in [0.2, 0.25) is 10.3 Å². The molecule has 1 aromatic carbocycles. The molecule has 1 unspecified atom stereocenters. The molecule has 104 valence electrons. The Hall–Kier alpha value is -1.45. The molecule has 3 rings (SSSR count). The molecule has 3 nitrogen and oxygen atoms in total. The van der Waals surface area contributed by atoms with Gasteiger partial charge in [-0.2, -0.15) is 0 Å². The van der Waals surface area contributed by atoms with Crippen LogP contribution in [0, 0.1) is 6.92 Å². The third-order valence-electron chi connectivity index (χ3n) is 3.66. The molecule has 1 aliphatic carbocycles. The highest BCUT2D eigenvalue weighted by Crippen LogP contribution is 2.38. The highest BCUT2D eigenvalue weighted by Gasteiger charge is 2.24. The zero-order chi connectivity index (χ0) is 14.3. The van der Waals surface area contributed by atoms with Crippen LogP contribution in [0.4, 0.5) is 5.69 Å². The minimum absolute atomic E-state index is 0.185. The number of phenolic OH excluding ortho intramolecular Hbond substituents is 1. The summed E-state index contributed by atoms with van der Waals surface area (Å²) in [6.45, 7) is 1.95. The Bertz CT molecular complexity index is 650. The maximum absolute atomic E-state index is 9.52. The minimum Gasteiger partial charge on any atom is -0.508 e. The monoisotopic (exact) mass is 308 g/mol. The van der Waals surface area contributed by atoms with E-state index in [-0.39, 0.29) is 6.04 Å². The first-order valence-corrected chi connectivity index (χ1v) is 7.21. The van der Waals surface area contributed by atoms with Crippen LogP contribution in [0.25, 0.3) is 0 Å². The van der Waals surface area contributed by atoms with Crippen LogP contribution in [-0.2, 0) is 6.42 Å². The molecular formula is C15H14Cl2N2O. The summed E-state index contributed by atoms with van der Waals surface area (Å²) in [6.07, 6.45) is 1.91. The van der Waals surface area contributed by atoms with Crippen LogP contribution in [0.15, 0.2) is 24.3 Å². The van der Waals surface area contributed by atoms with Gasteiger partial charge in [0.25, 0.3) is 0 Å². The number of hydrogen-bond acceptors (Lipinski definition) is 3. The molecule has 1 aliphatic rings. The molecule has 0 amide bonds. The molecule has 0 fully saturated rings. The first kappa shape index (κ1) is 13.5. The Morgan fingerprint density at radius 3 is 2.85 bits per heavy atom. The third kappa shape index (κ3) is 2.43. The second kappa shape index (κ2) is 5.15. The van der Waals surface area contributed by atoms with Crippen molar-refractivity contribution in [1.82, 2.24) is 4.98 Å². The Morgan fingerprint density at radius 1 is 1.30 bits per heavy atom. The van der Waals surface area contributed by atoms with Gasteiger partial charge in [0.15, 0.2) is 5.15 Å². The highest BCUT2D eigenvalue weighted by atomic mass is 35.5. The van der Waals surface area contributed by atoms with Gasteiger partial charge in [0.1, 0.15) is 10.9 Å². The number of phenols is 1. The SMILES string of the molecule is Cc1cc(Cl)nc(Cl)c1NC1CCc2cc(O)ccc21. The van der Waals surface area contributed by atoms with Gasteiger partial charge < -0.3 is 10.4 Å². The molecular weight excluding hydrogens is 295 g/mol. The number of rotatable bonds is 2. The molecule has 0 bridgehead atoms. The van der Waals surface area contributed by atoms with Crippen LogP contribution >= 0.6 is 23.2 Å². The number of aromatic nitrogens is 1. The summed E-state index contributed by atoms with van der Waals surface area (Å²) in [4.78, 5) is 4.07. The maximum Gasteiger partial charge on any atom is 0.154 e. The number of benzene rings is 1. The van der Waals surface area contributed by atoms with Crippen molar-refractivity contribution in [2.24, 2.45) is 0 Å². The normalized spacial score (nSPS) is 17.1. The van der Waals surface area contributed by atoms with Gasteiger partial charge in [-0.25, -0.2) is 4.98 Å². The van der Waals surface area contributed by atoms with Crippen LogP contribution in [0.3, 0.4) is 0 Å². The number of fused-ring (bicyclic) bond motifs is 1. The summed E-state index contributed by atoms with van der Waals surface area (Å²) in [5.41, 5.74) is 4.18. The van der Waals surface area contributed by atoms with Crippen LogP contribution in [0.5, 0.6) is 5.75 Å². The molecule has 1 aromatic heterocycles. The summed E-state index contributed by atoms with van der Waals surface area (Å²) in [7, 11) is 0. The lowest BCUT2D eigenvalue weighted by Crippen LogP contribution is -2.09. The van der Waals surface area contributed by atoms with E-state index in [9.17, 15) is 5.11 Å². The number of aromatic hydroxyl groups is 1. The first-order chi connectivity index (χ1) is 9.54. The summed E-state index contributed by atoms with van der Waals surface area (Å²) < 4.78 is 0. The van der Waals surface area contributed by atoms with Crippen molar-refractivity contribution in [3.8, 4) is 5.75 Å². The van der Waals surface area contributed by atoms with Crippen molar-refractivity contribution < 1.29 is 5.11 Å². The number of hydrogen-bond donors (Lipinski definition) is 2. The lowest BCUT2D eigenvalue weighted by atomic mass is 10.1. The second-order valence-electron chi connectivity index (χ2n) is 5.05. The molecule has 0 saturated carbocycles. The molecule has 20 heavy (non-hydrogen) atoms. The largest absolute Gasteiger partial charge is 0.508 e. The smallest absolute Gasteiger partial charge is 0.154 e. The topological polar surface area (TPSA) is 45.2 Å². The molecule has 5 heteroatoms.